The minimum absolute atomic E-state index is 0.302. The number of carboxylic acids is 1. The van der Waals surface area contributed by atoms with Crippen LogP contribution in [0.3, 0.4) is 0 Å². The number of carbonyl (C=O) groups is 1. The molecule has 0 amide bonds. The van der Waals surface area contributed by atoms with E-state index in [-0.39, 0.29) is 12.0 Å². The SMILES string of the molecule is O=C(O)[C@H]1CCC[C@H](O)C1. The van der Waals surface area contributed by atoms with Gasteiger partial charge in [0, 0.05) is 0 Å². The normalized spacial score (nSPS) is 33.7. The number of aliphatic carboxylic acids is 1. The van der Waals surface area contributed by atoms with Gasteiger partial charge < -0.3 is 10.2 Å². The first kappa shape index (κ1) is 7.54. The second kappa shape index (κ2) is 3.01. The fourth-order valence-electron chi connectivity index (χ4n) is 1.39. The molecule has 1 aliphatic rings. The molecule has 1 aliphatic carbocycles. The Bertz CT molecular complexity index is 133. The number of aliphatic hydroxyl groups is 1. The molecule has 2 N–H and O–H groups in total. The summed E-state index contributed by atoms with van der Waals surface area (Å²) in [6.45, 7) is 0. The van der Waals surface area contributed by atoms with Crippen LogP contribution in [-0.2, 0) is 4.79 Å². The lowest BCUT2D eigenvalue weighted by molar-refractivity contribution is -0.144. The summed E-state index contributed by atoms with van der Waals surface area (Å²) >= 11 is 0. The highest BCUT2D eigenvalue weighted by Gasteiger charge is 2.25. The van der Waals surface area contributed by atoms with Crippen LogP contribution in [0.5, 0.6) is 0 Å². The highest BCUT2D eigenvalue weighted by atomic mass is 16.4. The highest BCUT2D eigenvalue weighted by molar-refractivity contribution is 5.70. The summed E-state index contributed by atoms with van der Waals surface area (Å²) in [5, 5.41) is 17.6. The summed E-state index contributed by atoms with van der Waals surface area (Å²) in [5.74, 6) is -1.07. The van der Waals surface area contributed by atoms with Crippen LogP contribution in [0.1, 0.15) is 25.7 Å². The van der Waals surface area contributed by atoms with E-state index in [9.17, 15) is 4.79 Å². The van der Waals surface area contributed by atoms with Gasteiger partial charge in [0.2, 0.25) is 0 Å². The van der Waals surface area contributed by atoms with Gasteiger partial charge in [-0.2, -0.15) is 0 Å². The summed E-state index contributed by atoms with van der Waals surface area (Å²) in [4.78, 5) is 10.4. The first-order chi connectivity index (χ1) is 4.70. The zero-order chi connectivity index (χ0) is 7.56. The highest BCUT2D eigenvalue weighted by Crippen LogP contribution is 2.23. The monoisotopic (exact) mass is 144 g/mol. The van der Waals surface area contributed by atoms with Crippen LogP contribution in [0.15, 0.2) is 0 Å². The van der Waals surface area contributed by atoms with E-state index in [0.29, 0.717) is 6.42 Å². The van der Waals surface area contributed by atoms with Crippen LogP contribution in [0.25, 0.3) is 0 Å². The maximum absolute atomic E-state index is 10.4. The Kier molecular flexibility index (Phi) is 2.27. The molecule has 3 heteroatoms. The first-order valence-corrected chi connectivity index (χ1v) is 3.61. The van der Waals surface area contributed by atoms with Crippen molar-refractivity contribution in [1.29, 1.82) is 0 Å². The lowest BCUT2D eigenvalue weighted by Crippen LogP contribution is -2.25. The summed E-state index contributed by atoms with van der Waals surface area (Å²) in [6, 6.07) is 0. The van der Waals surface area contributed by atoms with Crippen molar-refractivity contribution in [2.45, 2.75) is 31.8 Å². The average Bonchev–Trinajstić information content (AvgIpc) is 1.88. The Morgan fingerprint density at radius 1 is 1.40 bits per heavy atom. The molecule has 2 atom stereocenters. The molecule has 58 valence electrons. The minimum atomic E-state index is -0.765. The quantitative estimate of drug-likeness (QED) is 0.567. The third-order valence-corrected chi connectivity index (χ3v) is 2.00. The molecule has 0 bridgehead atoms. The zero-order valence-electron chi connectivity index (χ0n) is 5.79. The van der Waals surface area contributed by atoms with Gasteiger partial charge in [0.15, 0.2) is 0 Å². The van der Waals surface area contributed by atoms with Crippen LogP contribution in [0.4, 0.5) is 0 Å². The summed E-state index contributed by atoms with van der Waals surface area (Å²) in [6.07, 6.45) is 2.40. The van der Waals surface area contributed by atoms with E-state index in [1.807, 2.05) is 0 Å². The number of hydrogen-bond donors (Lipinski definition) is 2. The third kappa shape index (κ3) is 1.70. The molecule has 1 rings (SSSR count). The zero-order valence-corrected chi connectivity index (χ0v) is 5.79. The molecule has 0 aromatic carbocycles. The Balaban J connectivity index is 2.39. The number of hydrogen-bond acceptors (Lipinski definition) is 2. The Hall–Kier alpha value is -0.570. The second-order valence-electron chi connectivity index (χ2n) is 2.86. The summed E-state index contributed by atoms with van der Waals surface area (Å²) in [5.41, 5.74) is 0. The van der Waals surface area contributed by atoms with Crippen molar-refractivity contribution in [3.63, 3.8) is 0 Å². The molecule has 3 nitrogen and oxygen atoms in total. The molecule has 1 fully saturated rings. The predicted molar refractivity (Wildman–Crippen MR) is 35.6 cm³/mol. The van der Waals surface area contributed by atoms with Crippen molar-refractivity contribution in [2.75, 3.05) is 0 Å². The van der Waals surface area contributed by atoms with Gasteiger partial charge in [-0.25, -0.2) is 0 Å². The van der Waals surface area contributed by atoms with E-state index in [2.05, 4.69) is 0 Å². The number of carboxylic acid groups (broad SMARTS) is 1. The number of rotatable bonds is 1. The fraction of sp³-hybridized carbons (Fsp3) is 0.857. The second-order valence-corrected chi connectivity index (χ2v) is 2.86. The van der Waals surface area contributed by atoms with Crippen molar-refractivity contribution in [3.8, 4) is 0 Å². The van der Waals surface area contributed by atoms with Crippen LogP contribution in [-0.4, -0.2) is 22.3 Å². The lowest BCUT2D eigenvalue weighted by atomic mass is 9.87. The third-order valence-electron chi connectivity index (χ3n) is 2.00. The molecule has 0 saturated heterocycles. The Labute approximate surface area is 59.7 Å². The van der Waals surface area contributed by atoms with Crippen LogP contribution < -0.4 is 0 Å². The molecule has 0 aromatic heterocycles. The summed E-state index contributed by atoms with van der Waals surface area (Å²) < 4.78 is 0. The molecule has 0 radical (unpaired) electrons. The van der Waals surface area contributed by atoms with Crippen LogP contribution in [0.2, 0.25) is 0 Å². The molecule has 0 spiro atoms. The molecule has 0 heterocycles. The maximum Gasteiger partial charge on any atom is 0.306 e. The van der Waals surface area contributed by atoms with Crippen molar-refractivity contribution in [1.82, 2.24) is 0 Å². The number of aliphatic hydroxyl groups excluding tert-OH is 1. The first-order valence-electron chi connectivity index (χ1n) is 3.61. The van der Waals surface area contributed by atoms with Gasteiger partial charge in [-0.05, 0) is 19.3 Å². The van der Waals surface area contributed by atoms with Gasteiger partial charge in [0.25, 0.3) is 0 Å². The average molecular weight is 144 g/mol. The topological polar surface area (TPSA) is 57.5 Å². The van der Waals surface area contributed by atoms with Gasteiger partial charge in [0.1, 0.15) is 0 Å². The van der Waals surface area contributed by atoms with Gasteiger partial charge in [-0.1, -0.05) is 6.42 Å². The van der Waals surface area contributed by atoms with Crippen molar-refractivity contribution in [2.24, 2.45) is 5.92 Å². The molecule has 1 saturated carbocycles. The molecular formula is C7H12O3. The Morgan fingerprint density at radius 3 is 2.50 bits per heavy atom. The van der Waals surface area contributed by atoms with Gasteiger partial charge in [-0.3, -0.25) is 4.79 Å². The van der Waals surface area contributed by atoms with Crippen molar-refractivity contribution >= 4 is 5.97 Å². The Morgan fingerprint density at radius 2 is 2.10 bits per heavy atom. The van der Waals surface area contributed by atoms with E-state index in [4.69, 9.17) is 10.2 Å². The van der Waals surface area contributed by atoms with Gasteiger partial charge in [0.05, 0.1) is 12.0 Å². The minimum Gasteiger partial charge on any atom is -0.481 e. The molecule has 0 aliphatic heterocycles. The molecular weight excluding hydrogens is 132 g/mol. The van der Waals surface area contributed by atoms with Crippen molar-refractivity contribution < 1.29 is 15.0 Å². The van der Waals surface area contributed by atoms with Gasteiger partial charge >= 0.3 is 5.97 Å². The van der Waals surface area contributed by atoms with Crippen molar-refractivity contribution in [3.05, 3.63) is 0 Å². The van der Waals surface area contributed by atoms with E-state index in [0.717, 1.165) is 19.3 Å². The predicted octanol–water partition coefficient (Wildman–Crippen LogP) is 0.622. The largest absolute Gasteiger partial charge is 0.481 e. The maximum atomic E-state index is 10.4. The van der Waals surface area contributed by atoms with Gasteiger partial charge in [-0.15, -0.1) is 0 Å². The smallest absolute Gasteiger partial charge is 0.306 e. The molecule has 0 aromatic rings. The molecule has 10 heavy (non-hydrogen) atoms. The van der Waals surface area contributed by atoms with Crippen LogP contribution in [0, 0.1) is 5.92 Å². The molecule has 0 unspecified atom stereocenters. The lowest BCUT2D eigenvalue weighted by Gasteiger charge is -2.21. The van der Waals surface area contributed by atoms with Crippen LogP contribution >= 0.6 is 0 Å². The summed E-state index contributed by atoms with van der Waals surface area (Å²) in [7, 11) is 0. The van der Waals surface area contributed by atoms with E-state index in [1.54, 1.807) is 0 Å². The van der Waals surface area contributed by atoms with E-state index in [1.165, 1.54) is 0 Å². The van der Waals surface area contributed by atoms with E-state index >= 15 is 0 Å². The standard InChI is InChI=1S/C7H12O3/c8-6-3-1-2-5(4-6)7(9)10/h5-6,8H,1-4H2,(H,9,10)/t5-,6-/m0/s1. The fourth-order valence-corrected chi connectivity index (χ4v) is 1.39. The van der Waals surface area contributed by atoms with E-state index < -0.39 is 5.97 Å².